The molecule has 1 saturated heterocycles. The Morgan fingerprint density at radius 3 is 2.42 bits per heavy atom. The minimum atomic E-state index is -0.987. The van der Waals surface area contributed by atoms with Gasteiger partial charge in [-0.3, -0.25) is 4.79 Å². The maximum absolute atomic E-state index is 12.6. The molecule has 1 aliphatic heterocycles. The highest BCUT2D eigenvalue weighted by atomic mass is 16.5. The number of imide groups is 1. The first-order valence-corrected chi connectivity index (χ1v) is 9.48. The van der Waals surface area contributed by atoms with Crippen molar-refractivity contribution in [3.05, 3.63) is 101 Å². The van der Waals surface area contributed by atoms with Crippen LogP contribution in [-0.2, 0) is 11.4 Å². The van der Waals surface area contributed by atoms with E-state index in [9.17, 15) is 14.4 Å². The molecule has 0 unspecified atom stereocenters. The van der Waals surface area contributed by atoms with E-state index in [2.05, 4.69) is 5.32 Å². The number of carboxylic acid groups (broad SMARTS) is 1. The van der Waals surface area contributed by atoms with Gasteiger partial charge in [0, 0.05) is 0 Å². The summed E-state index contributed by atoms with van der Waals surface area (Å²) < 4.78 is 5.71. The maximum atomic E-state index is 12.6. The van der Waals surface area contributed by atoms with Crippen molar-refractivity contribution in [2.75, 3.05) is 4.90 Å². The summed E-state index contributed by atoms with van der Waals surface area (Å²) in [6, 6.07) is 21.8. The van der Waals surface area contributed by atoms with Crippen LogP contribution in [0.2, 0.25) is 0 Å². The number of nitrogens with zero attached hydrogens (tertiary/aromatic N) is 1. The molecule has 1 aliphatic rings. The second-order valence-corrected chi connectivity index (χ2v) is 6.83. The number of carbonyl (C=O) groups excluding carboxylic acids is 2. The Hall–Kier alpha value is -4.39. The minimum absolute atomic E-state index is 0.188. The largest absolute Gasteiger partial charge is 0.489 e. The third kappa shape index (κ3) is 4.45. The highest BCUT2D eigenvalue weighted by molar-refractivity contribution is 6.28. The Morgan fingerprint density at radius 1 is 0.968 bits per heavy atom. The van der Waals surface area contributed by atoms with Crippen molar-refractivity contribution in [2.45, 2.75) is 6.61 Å². The van der Waals surface area contributed by atoms with Gasteiger partial charge >= 0.3 is 12.0 Å². The van der Waals surface area contributed by atoms with Crippen LogP contribution in [0.4, 0.5) is 10.5 Å². The van der Waals surface area contributed by atoms with E-state index in [1.807, 2.05) is 6.07 Å². The molecule has 7 heteroatoms. The molecule has 3 aromatic rings. The molecule has 0 aliphatic carbocycles. The molecular weight excluding hydrogens is 396 g/mol. The number of nitrogens with one attached hydrogen (secondary N) is 1. The lowest BCUT2D eigenvalue weighted by molar-refractivity contribution is -0.113. The normalized spacial score (nSPS) is 14.6. The number of anilines is 1. The van der Waals surface area contributed by atoms with Crippen LogP contribution in [0.5, 0.6) is 5.75 Å². The van der Waals surface area contributed by atoms with E-state index in [4.69, 9.17) is 9.84 Å². The zero-order valence-electron chi connectivity index (χ0n) is 16.3. The second-order valence-electron chi connectivity index (χ2n) is 6.83. The molecule has 0 spiro atoms. The first-order valence-electron chi connectivity index (χ1n) is 9.48. The van der Waals surface area contributed by atoms with Crippen LogP contribution < -0.4 is 15.0 Å². The highest BCUT2D eigenvalue weighted by Crippen LogP contribution is 2.23. The monoisotopic (exact) mass is 414 g/mol. The molecule has 3 amide bonds. The molecule has 3 aromatic carbocycles. The van der Waals surface area contributed by atoms with Gasteiger partial charge in [0.25, 0.3) is 5.91 Å². The van der Waals surface area contributed by atoms with Crippen LogP contribution in [0.25, 0.3) is 6.08 Å². The average Bonchev–Trinajstić information content (AvgIpc) is 3.06. The molecule has 7 nitrogen and oxygen atoms in total. The lowest BCUT2D eigenvalue weighted by Crippen LogP contribution is -2.30. The Balaban J connectivity index is 1.43. The number of rotatable bonds is 6. The number of carboxylic acids is 1. The fourth-order valence-corrected chi connectivity index (χ4v) is 3.13. The van der Waals surface area contributed by atoms with Crippen molar-refractivity contribution < 1.29 is 24.2 Å². The van der Waals surface area contributed by atoms with Crippen molar-refractivity contribution in [2.24, 2.45) is 0 Å². The number of aromatic carboxylic acids is 1. The number of carbonyl (C=O) groups is 3. The fourth-order valence-electron chi connectivity index (χ4n) is 3.13. The SMILES string of the molecule is O=C(O)c1cccc(COc2ccc(/C=C3/NC(=O)N(c4ccccc4)C3=O)cc2)c1. The van der Waals surface area contributed by atoms with Gasteiger partial charge in [-0.05, 0) is 53.6 Å². The van der Waals surface area contributed by atoms with Crippen LogP contribution in [0.1, 0.15) is 21.5 Å². The Labute approximate surface area is 178 Å². The van der Waals surface area contributed by atoms with Gasteiger partial charge in [-0.1, -0.05) is 42.5 Å². The average molecular weight is 414 g/mol. The van der Waals surface area contributed by atoms with Crippen LogP contribution in [0, 0.1) is 0 Å². The first-order chi connectivity index (χ1) is 15.0. The van der Waals surface area contributed by atoms with Crippen molar-refractivity contribution in [3.63, 3.8) is 0 Å². The van der Waals surface area contributed by atoms with Crippen LogP contribution in [0.3, 0.4) is 0 Å². The van der Waals surface area contributed by atoms with Crippen molar-refractivity contribution in [1.29, 1.82) is 0 Å². The topological polar surface area (TPSA) is 95.9 Å². The summed E-state index contributed by atoms with van der Waals surface area (Å²) in [5.74, 6) is -0.816. The van der Waals surface area contributed by atoms with Gasteiger partial charge in [-0.2, -0.15) is 0 Å². The molecular formula is C24H18N2O5. The number of hydrogen-bond donors (Lipinski definition) is 2. The lowest BCUT2D eigenvalue weighted by Gasteiger charge is -2.10. The van der Waals surface area contributed by atoms with Gasteiger partial charge in [0.15, 0.2) is 0 Å². The number of hydrogen-bond acceptors (Lipinski definition) is 4. The molecule has 0 radical (unpaired) electrons. The van der Waals surface area contributed by atoms with Crippen LogP contribution in [-0.4, -0.2) is 23.0 Å². The summed E-state index contributed by atoms with van der Waals surface area (Å²) >= 11 is 0. The van der Waals surface area contributed by atoms with E-state index in [1.54, 1.807) is 72.8 Å². The van der Waals surface area contributed by atoms with E-state index in [1.165, 1.54) is 6.07 Å². The van der Waals surface area contributed by atoms with Crippen molar-refractivity contribution >= 4 is 29.7 Å². The molecule has 0 atom stereocenters. The summed E-state index contributed by atoms with van der Waals surface area (Å²) in [7, 11) is 0. The number of ether oxygens (including phenoxy) is 1. The van der Waals surface area contributed by atoms with Crippen molar-refractivity contribution in [1.82, 2.24) is 5.32 Å². The number of benzene rings is 3. The number of para-hydroxylation sites is 1. The van der Waals surface area contributed by atoms with Crippen LogP contribution in [0.15, 0.2) is 84.6 Å². The first kappa shape index (κ1) is 19.9. The van der Waals surface area contributed by atoms with Crippen molar-refractivity contribution in [3.8, 4) is 5.75 Å². The molecule has 1 fully saturated rings. The third-order valence-electron chi connectivity index (χ3n) is 4.66. The Bertz CT molecular complexity index is 1170. The van der Waals surface area contributed by atoms with E-state index >= 15 is 0 Å². The summed E-state index contributed by atoms with van der Waals surface area (Å²) in [5, 5.41) is 11.7. The second kappa shape index (κ2) is 8.54. The molecule has 4 rings (SSSR count). The number of amides is 3. The quantitative estimate of drug-likeness (QED) is 0.468. The molecule has 154 valence electrons. The fraction of sp³-hybridized carbons (Fsp3) is 0.0417. The summed E-state index contributed by atoms with van der Waals surface area (Å²) in [4.78, 5) is 37.0. The van der Waals surface area contributed by atoms with Gasteiger partial charge in [-0.15, -0.1) is 0 Å². The zero-order valence-corrected chi connectivity index (χ0v) is 16.3. The Kier molecular flexibility index (Phi) is 5.49. The molecule has 0 saturated carbocycles. The maximum Gasteiger partial charge on any atom is 0.335 e. The van der Waals surface area contributed by atoms with Gasteiger partial charge < -0.3 is 15.2 Å². The zero-order chi connectivity index (χ0) is 21.8. The van der Waals surface area contributed by atoms with Gasteiger partial charge in [0.2, 0.25) is 0 Å². The molecule has 31 heavy (non-hydrogen) atoms. The molecule has 1 heterocycles. The van der Waals surface area contributed by atoms with E-state index < -0.39 is 17.9 Å². The van der Waals surface area contributed by atoms with E-state index in [-0.39, 0.29) is 17.9 Å². The molecule has 0 bridgehead atoms. The molecule has 0 aromatic heterocycles. The van der Waals surface area contributed by atoms with E-state index in [0.717, 1.165) is 16.0 Å². The molecule has 2 N–H and O–H groups in total. The highest BCUT2D eigenvalue weighted by Gasteiger charge is 2.34. The summed E-state index contributed by atoms with van der Waals surface area (Å²) in [5.41, 5.74) is 2.36. The summed E-state index contributed by atoms with van der Waals surface area (Å²) in [6.07, 6.45) is 1.60. The predicted molar refractivity (Wildman–Crippen MR) is 115 cm³/mol. The standard InChI is InChI=1S/C24H18N2O5/c27-22-21(25-24(30)26(22)19-7-2-1-3-8-19)14-16-9-11-20(12-10-16)31-15-17-5-4-6-18(13-17)23(28)29/h1-14H,15H2,(H,25,30)(H,28,29)/b21-14+. The van der Waals surface area contributed by atoms with Gasteiger partial charge in [0.05, 0.1) is 11.3 Å². The summed E-state index contributed by atoms with van der Waals surface area (Å²) in [6.45, 7) is 0.224. The predicted octanol–water partition coefficient (Wildman–Crippen LogP) is 4.06. The lowest BCUT2D eigenvalue weighted by atomic mass is 10.1. The van der Waals surface area contributed by atoms with Gasteiger partial charge in [-0.25, -0.2) is 14.5 Å². The smallest absolute Gasteiger partial charge is 0.335 e. The number of urea groups is 1. The Morgan fingerprint density at radius 2 is 1.71 bits per heavy atom. The van der Waals surface area contributed by atoms with E-state index in [0.29, 0.717) is 11.4 Å². The van der Waals surface area contributed by atoms with Crippen LogP contribution >= 0.6 is 0 Å². The third-order valence-corrected chi connectivity index (χ3v) is 4.66. The minimum Gasteiger partial charge on any atom is -0.489 e. The van der Waals surface area contributed by atoms with Gasteiger partial charge in [0.1, 0.15) is 18.1 Å².